The second-order valence-corrected chi connectivity index (χ2v) is 5.43. The molecule has 0 N–H and O–H groups in total. The summed E-state index contributed by atoms with van der Waals surface area (Å²) in [5.41, 5.74) is 1.34. The smallest absolute Gasteiger partial charge is 0.134 e. The van der Waals surface area contributed by atoms with E-state index in [-0.39, 0.29) is 0 Å². The van der Waals surface area contributed by atoms with Crippen LogP contribution in [-0.4, -0.2) is 6.26 Å². The molecule has 0 saturated heterocycles. The molecule has 16 heavy (non-hydrogen) atoms. The number of benzene rings is 2. The lowest BCUT2D eigenvalue weighted by Gasteiger charge is -2.18. The van der Waals surface area contributed by atoms with Crippen molar-refractivity contribution in [2.75, 3.05) is 6.26 Å². The molecule has 0 aliphatic rings. The molecule has 2 rings (SSSR count). The first-order valence-electron chi connectivity index (χ1n) is 5.33. The van der Waals surface area contributed by atoms with E-state index in [0.717, 1.165) is 11.5 Å². The number of hydrogen-bond donors (Lipinski definition) is 1. The fourth-order valence-corrected chi connectivity index (χ4v) is 2.81. The number of thiol groups is 1. The van der Waals surface area contributed by atoms with E-state index in [9.17, 15) is 0 Å². The SMILES string of the molecule is C[SH](Cc1ccccc1)Oc1ccccc1. The van der Waals surface area contributed by atoms with Crippen LogP contribution in [-0.2, 0) is 5.75 Å². The Bertz CT molecular complexity index is 372. The highest BCUT2D eigenvalue weighted by atomic mass is 32.2. The third-order valence-corrected chi connectivity index (χ3v) is 3.59. The molecule has 0 fully saturated rings. The molecule has 84 valence electrons. The van der Waals surface area contributed by atoms with Crippen LogP contribution in [0, 0.1) is 0 Å². The summed E-state index contributed by atoms with van der Waals surface area (Å²) in [4.78, 5) is 0. The largest absolute Gasteiger partial charge is 0.452 e. The molecule has 0 bridgehead atoms. The second kappa shape index (κ2) is 5.61. The van der Waals surface area contributed by atoms with E-state index in [1.165, 1.54) is 5.56 Å². The van der Waals surface area contributed by atoms with Crippen LogP contribution in [0.1, 0.15) is 5.56 Å². The average Bonchev–Trinajstić information content (AvgIpc) is 2.31. The van der Waals surface area contributed by atoms with E-state index >= 15 is 0 Å². The molecule has 2 heteroatoms. The van der Waals surface area contributed by atoms with Crippen molar-refractivity contribution in [1.29, 1.82) is 0 Å². The van der Waals surface area contributed by atoms with Crippen LogP contribution >= 0.6 is 11.2 Å². The minimum atomic E-state index is -0.433. The lowest BCUT2D eigenvalue weighted by Crippen LogP contribution is -1.94. The standard InChI is InChI=1S/C14H16OS/c1-16(12-13-8-4-2-5-9-13)15-14-10-6-3-7-11-14/h2-11,16H,12H2,1H3. The van der Waals surface area contributed by atoms with Gasteiger partial charge in [0.15, 0.2) is 0 Å². The molecule has 0 heterocycles. The molecule has 2 aromatic carbocycles. The van der Waals surface area contributed by atoms with Crippen molar-refractivity contribution in [3.63, 3.8) is 0 Å². The molecule has 0 aliphatic carbocycles. The summed E-state index contributed by atoms with van der Waals surface area (Å²) in [6.07, 6.45) is 2.16. The molecule has 0 radical (unpaired) electrons. The summed E-state index contributed by atoms with van der Waals surface area (Å²) in [6.45, 7) is 0. The first kappa shape index (κ1) is 11.1. The van der Waals surface area contributed by atoms with Crippen molar-refractivity contribution >= 4 is 11.2 Å². The van der Waals surface area contributed by atoms with Crippen molar-refractivity contribution < 1.29 is 4.18 Å². The van der Waals surface area contributed by atoms with Crippen LogP contribution in [0.25, 0.3) is 0 Å². The van der Waals surface area contributed by atoms with E-state index in [1.807, 2.05) is 36.4 Å². The maximum absolute atomic E-state index is 5.88. The Morgan fingerprint density at radius 3 is 2.06 bits per heavy atom. The number of rotatable bonds is 4. The summed E-state index contributed by atoms with van der Waals surface area (Å²) >= 11 is -0.433. The molecule has 0 aliphatic heterocycles. The number of hydrogen-bond acceptors (Lipinski definition) is 1. The van der Waals surface area contributed by atoms with Gasteiger partial charge in [0.1, 0.15) is 5.75 Å². The van der Waals surface area contributed by atoms with Crippen molar-refractivity contribution in [3.8, 4) is 5.75 Å². The van der Waals surface area contributed by atoms with Crippen LogP contribution < -0.4 is 4.18 Å². The number of para-hydroxylation sites is 1. The molecule has 0 amide bonds. The van der Waals surface area contributed by atoms with Gasteiger partial charge in [0.25, 0.3) is 0 Å². The molecular weight excluding hydrogens is 216 g/mol. The second-order valence-electron chi connectivity index (χ2n) is 3.68. The zero-order valence-corrected chi connectivity index (χ0v) is 10.2. The monoisotopic (exact) mass is 232 g/mol. The Morgan fingerprint density at radius 2 is 1.44 bits per heavy atom. The Morgan fingerprint density at radius 1 is 0.875 bits per heavy atom. The van der Waals surface area contributed by atoms with Gasteiger partial charge >= 0.3 is 0 Å². The van der Waals surface area contributed by atoms with Crippen LogP contribution in [0.5, 0.6) is 5.75 Å². The van der Waals surface area contributed by atoms with Crippen molar-refractivity contribution in [1.82, 2.24) is 0 Å². The fourth-order valence-electron chi connectivity index (χ4n) is 1.53. The highest BCUT2D eigenvalue weighted by Crippen LogP contribution is 2.29. The molecule has 1 nitrogen and oxygen atoms in total. The molecule has 0 spiro atoms. The van der Waals surface area contributed by atoms with Gasteiger partial charge in [-0.05, 0) is 24.0 Å². The lowest BCUT2D eigenvalue weighted by atomic mass is 10.2. The Labute approximate surface area is 99.6 Å². The van der Waals surface area contributed by atoms with Gasteiger partial charge < -0.3 is 4.18 Å². The minimum Gasteiger partial charge on any atom is -0.452 e. The third kappa shape index (κ3) is 3.31. The molecule has 1 atom stereocenters. The van der Waals surface area contributed by atoms with Crippen LogP contribution in [0.15, 0.2) is 60.7 Å². The topological polar surface area (TPSA) is 9.23 Å². The minimum absolute atomic E-state index is 0.433. The van der Waals surface area contributed by atoms with Crippen molar-refractivity contribution in [3.05, 3.63) is 66.2 Å². The average molecular weight is 232 g/mol. The summed E-state index contributed by atoms with van der Waals surface area (Å²) in [5.74, 6) is 1.97. The highest BCUT2D eigenvalue weighted by molar-refractivity contribution is 8.11. The van der Waals surface area contributed by atoms with E-state index in [4.69, 9.17) is 4.18 Å². The zero-order chi connectivity index (χ0) is 11.2. The van der Waals surface area contributed by atoms with E-state index < -0.39 is 11.2 Å². The normalized spacial score (nSPS) is 13.2. The summed E-state index contributed by atoms with van der Waals surface area (Å²) in [7, 11) is 0. The fraction of sp³-hybridized carbons (Fsp3) is 0.143. The molecule has 2 aromatic rings. The molecular formula is C14H16OS. The molecule has 1 unspecified atom stereocenters. The summed E-state index contributed by atoms with van der Waals surface area (Å²) in [6, 6.07) is 20.5. The summed E-state index contributed by atoms with van der Waals surface area (Å²) in [5, 5.41) is 0. The van der Waals surface area contributed by atoms with Gasteiger partial charge in [-0.3, -0.25) is 0 Å². The highest BCUT2D eigenvalue weighted by Gasteiger charge is 2.00. The van der Waals surface area contributed by atoms with E-state index in [0.29, 0.717) is 0 Å². The van der Waals surface area contributed by atoms with Crippen LogP contribution in [0.2, 0.25) is 0 Å². The molecule has 0 aromatic heterocycles. The van der Waals surface area contributed by atoms with Gasteiger partial charge in [-0.15, -0.1) is 11.2 Å². The Hall–Kier alpha value is -1.41. The van der Waals surface area contributed by atoms with Crippen LogP contribution in [0.4, 0.5) is 0 Å². The van der Waals surface area contributed by atoms with E-state index in [1.54, 1.807) is 0 Å². The van der Waals surface area contributed by atoms with Crippen molar-refractivity contribution in [2.45, 2.75) is 5.75 Å². The predicted molar refractivity (Wildman–Crippen MR) is 72.1 cm³/mol. The predicted octanol–water partition coefficient (Wildman–Crippen LogP) is 3.81. The third-order valence-electron chi connectivity index (χ3n) is 2.25. The van der Waals surface area contributed by atoms with Crippen LogP contribution in [0.3, 0.4) is 0 Å². The zero-order valence-electron chi connectivity index (χ0n) is 9.34. The maximum atomic E-state index is 5.88. The lowest BCUT2D eigenvalue weighted by molar-refractivity contribution is 0.635. The first-order chi connectivity index (χ1) is 7.84. The Balaban J connectivity index is 1.92. The van der Waals surface area contributed by atoms with Gasteiger partial charge in [0, 0.05) is 5.75 Å². The van der Waals surface area contributed by atoms with Gasteiger partial charge in [-0.1, -0.05) is 48.5 Å². The van der Waals surface area contributed by atoms with Gasteiger partial charge in [0.05, 0.1) is 0 Å². The van der Waals surface area contributed by atoms with Gasteiger partial charge in [-0.25, -0.2) is 0 Å². The Kier molecular flexibility index (Phi) is 3.89. The first-order valence-corrected chi connectivity index (χ1v) is 7.22. The van der Waals surface area contributed by atoms with Gasteiger partial charge in [-0.2, -0.15) is 0 Å². The quantitative estimate of drug-likeness (QED) is 0.789. The van der Waals surface area contributed by atoms with Crippen molar-refractivity contribution in [2.24, 2.45) is 0 Å². The molecule has 0 saturated carbocycles. The maximum Gasteiger partial charge on any atom is 0.134 e. The van der Waals surface area contributed by atoms with Gasteiger partial charge in [0.2, 0.25) is 0 Å². The van der Waals surface area contributed by atoms with E-state index in [2.05, 4.69) is 30.5 Å². The summed E-state index contributed by atoms with van der Waals surface area (Å²) < 4.78 is 5.88.